The van der Waals surface area contributed by atoms with Gasteiger partial charge in [-0.2, -0.15) is 0 Å². The lowest BCUT2D eigenvalue weighted by atomic mass is 10.1. The molecule has 0 atom stereocenters. The number of amides is 2. The summed E-state index contributed by atoms with van der Waals surface area (Å²) in [5.74, 6) is 0.975. The first-order valence-electron chi connectivity index (χ1n) is 11.3. The second-order valence-corrected chi connectivity index (χ2v) is 9.36. The Hall–Kier alpha value is -3.25. The lowest BCUT2D eigenvalue weighted by Gasteiger charge is -2.25. The number of carbonyl (C=O) groups is 2. The van der Waals surface area contributed by atoms with Gasteiger partial charge in [-0.3, -0.25) is 9.69 Å². The van der Waals surface area contributed by atoms with Gasteiger partial charge >= 0.3 is 6.09 Å². The van der Waals surface area contributed by atoms with Crippen LogP contribution in [0.25, 0.3) is 0 Å². The van der Waals surface area contributed by atoms with Crippen LogP contribution in [0.1, 0.15) is 29.5 Å². The molecular formula is C27H26N2O3S. The van der Waals surface area contributed by atoms with Gasteiger partial charge in [0.2, 0.25) is 5.91 Å². The number of nitrogens with zero attached hydrogens (tertiary/aromatic N) is 2. The number of ether oxygens (including phenoxy) is 1. The minimum Gasteiger partial charge on any atom is -0.444 e. The molecule has 2 aliphatic heterocycles. The summed E-state index contributed by atoms with van der Waals surface area (Å²) in [4.78, 5) is 30.3. The van der Waals surface area contributed by atoms with Crippen LogP contribution in [0.15, 0.2) is 77.7 Å². The fraction of sp³-hybridized carbons (Fsp3) is 0.259. The van der Waals surface area contributed by atoms with E-state index in [1.54, 1.807) is 16.7 Å². The normalized spacial score (nSPS) is 15.1. The first kappa shape index (κ1) is 21.6. The Kier molecular flexibility index (Phi) is 6.35. The Morgan fingerprint density at radius 2 is 1.64 bits per heavy atom. The molecule has 3 aromatic carbocycles. The number of rotatable bonds is 6. The Labute approximate surface area is 198 Å². The third-order valence-electron chi connectivity index (χ3n) is 6.05. The van der Waals surface area contributed by atoms with Gasteiger partial charge in [-0.25, -0.2) is 4.79 Å². The molecule has 0 radical (unpaired) electrons. The maximum Gasteiger partial charge on any atom is 0.414 e. The number of anilines is 2. The first-order chi connectivity index (χ1) is 16.2. The lowest BCUT2D eigenvalue weighted by Crippen LogP contribution is -2.32. The van der Waals surface area contributed by atoms with E-state index in [1.807, 2.05) is 53.4 Å². The molecular weight excluding hydrogens is 432 g/mol. The number of fused-ring (bicyclic) bond motifs is 1. The fourth-order valence-corrected chi connectivity index (χ4v) is 5.35. The molecule has 0 spiro atoms. The van der Waals surface area contributed by atoms with Crippen molar-refractivity contribution in [2.45, 2.75) is 36.5 Å². The standard InChI is InChI=1S/C27H26N2O3S/c30-25-12-7-14-28(25)24-17-23(33-19-21-10-5-2-6-11-21)16-22-13-15-29(26(22)24)27(31)32-18-20-8-3-1-4-9-20/h1-6,8-11,16-17H,7,12-15,18-19H2. The molecule has 0 bridgehead atoms. The van der Waals surface area contributed by atoms with Crippen LogP contribution in [0.2, 0.25) is 0 Å². The van der Waals surface area contributed by atoms with Gasteiger partial charge in [-0.1, -0.05) is 60.7 Å². The van der Waals surface area contributed by atoms with Gasteiger partial charge in [0.25, 0.3) is 0 Å². The van der Waals surface area contributed by atoms with Crippen molar-refractivity contribution < 1.29 is 14.3 Å². The highest BCUT2D eigenvalue weighted by Crippen LogP contribution is 2.43. The molecule has 0 aromatic heterocycles. The Balaban J connectivity index is 1.40. The number of thioether (sulfide) groups is 1. The summed E-state index contributed by atoms with van der Waals surface area (Å²) < 4.78 is 5.63. The largest absolute Gasteiger partial charge is 0.444 e. The molecule has 168 valence electrons. The summed E-state index contributed by atoms with van der Waals surface area (Å²) in [6, 6.07) is 24.3. The third kappa shape index (κ3) is 4.76. The summed E-state index contributed by atoms with van der Waals surface area (Å²) in [5, 5.41) is 0. The van der Waals surface area contributed by atoms with Gasteiger partial charge < -0.3 is 9.64 Å². The number of hydrogen-bond donors (Lipinski definition) is 0. The second-order valence-electron chi connectivity index (χ2n) is 8.32. The van der Waals surface area contributed by atoms with Crippen LogP contribution in [0.3, 0.4) is 0 Å². The van der Waals surface area contributed by atoms with E-state index in [0.717, 1.165) is 46.0 Å². The van der Waals surface area contributed by atoms with Crippen molar-refractivity contribution in [1.29, 1.82) is 0 Å². The Bertz CT molecular complexity index is 1150. The molecule has 0 unspecified atom stereocenters. The van der Waals surface area contributed by atoms with Crippen molar-refractivity contribution in [1.82, 2.24) is 0 Å². The van der Waals surface area contributed by atoms with Crippen molar-refractivity contribution in [3.63, 3.8) is 0 Å². The van der Waals surface area contributed by atoms with Crippen molar-refractivity contribution in [3.8, 4) is 0 Å². The van der Waals surface area contributed by atoms with Gasteiger partial charge in [0.15, 0.2) is 0 Å². The maximum atomic E-state index is 13.0. The van der Waals surface area contributed by atoms with E-state index in [9.17, 15) is 9.59 Å². The van der Waals surface area contributed by atoms with Crippen molar-refractivity contribution >= 4 is 35.1 Å². The van der Waals surface area contributed by atoms with E-state index in [-0.39, 0.29) is 18.6 Å². The lowest BCUT2D eigenvalue weighted by molar-refractivity contribution is -0.117. The monoisotopic (exact) mass is 458 g/mol. The highest BCUT2D eigenvalue weighted by Gasteiger charge is 2.34. The van der Waals surface area contributed by atoms with E-state index in [1.165, 1.54) is 5.56 Å². The molecule has 5 nitrogen and oxygen atoms in total. The highest BCUT2D eigenvalue weighted by atomic mass is 32.2. The average molecular weight is 459 g/mol. The van der Waals surface area contributed by atoms with Gasteiger partial charge in [0.1, 0.15) is 6.61 Å². The van der Waals surface area contributed by atoms with Crippen LogP contribution in [0, 0.1) is 0 Å². The van der Waals surface area contributed by atoms with Gasteiger partial charge in [-0.15, -0.1) is 11.8 Å². The van der Waals surface area contributed by atoms with E-state index in [0.29, 0.717) is 19.5 Å². The third-order valence-corrected chi connectivity index (χ3v) is 7.10. The fourth-order valence-electron chi connectivity index (χ4n) is 4.41. The van der Waals surface area contributed by atoms with Crippen LogP contribution < -0.4 is 9.80 Å². The van der Waals surface area contributed by atoms with Gasteiger partial charge in [0.05, 0.1) is 11.4 Å². The molecule has 0 N–H and O–H groups in total. The molecule has 1 fully saturated rings. The zero-order valence-corrected chi connectivity index (χ0v) is 19.2. The topological polar surface area (TPSA) is 49.9 Å². The summed E-state index contributed by atoms with van der Waals surface area (Å²) in [6.07, 6.45) is 1.78. The van der Waals surface area contributed by atoms with Crippen LogP contribution in [0.5, 0.6) is 0 Å². The molecule has 2 heterocycles. The molecule has 0 saturated carbocycles. The molecule has 33 heavy (non-hydrogen) atoms. The van der Waals surface area contributed by atoms with Crippen LogP contribution >= 0.6 is 11.8 Å². The van der Waals surface area contributed by atoms with E-state index >= 15 is 0 Å². The van der Waals surface area contributed by atoms with Gasteiger partial charge in [-0.05, 0) is 41.7 Å². The Morgan fingerprint density at radius 3 is 2.33 bits per heavy atom. The zero-order chi connectivity index (χ0) is 22.6. The van der Waals surface area contributed by atoms with Crippen LogP contribution in [0.4, 0.5) is 16.2 Å². The number of hydrogen-bond acceptors (Lipinski definition) is 4. The molecule has 3 aromatic rings. The minimum atomic E-state index is -0.366. The number of carbonyl (C=O) groups excluding carboxylic acids is 2. The maximum absolute atomic E-state index is 13.0. The smallest absolute Gasteiger partial charge is 0.414 e. The number of benzene rings is 3. The van der Waals surface area contributed by atoms with Crippen molar-refractivity contribution in [2.24, 2.45) is 0 Å². The molecule has 2 amide bonds. The predicted octanol–water partition coefficient (Wildman–Crippen LogP) is 5.81. The quantitative estimate of drug-likeness (QED) is 0.438. The van der Waals surface area contributed by atoms with Crippen LogP contribution in [-0.2, 0) is 28.3 Å². The second kappa shape index (κ2) is 9.71. The zero-order valence-electron chi connectivity index (χ0n) is 18.4. The van der Waals surface area contributed by atoms with Crippen molar-refractivity contribution in [3.05, 3.63) is 89.5 Å². The molecule has 5 rings (SSSR count). The van der Waals surface area contributed by atoms with Gasteiger partial charge in [0, 0.05) is 30.2 Å². The molecule has 0 aliphatic carbocycles. The molecule has 1 saturated heterocycles. The van der Waals surface area contributed by atoms with E-state index < -0.39 is 0 Å². The first-order valence-corrected chi connectivity index (χ1v) is 12.3. The van der Waals surface area contributed by atoms with Crippen LogP contribution in [-0.4, -0.2) is 25.1 Å². The highest BCUT2D eigenvalue weighted by molar-refractivity contribution is 7.98. The predicted molar refractivity (Wildman–Crippen MR) is 132 cm³/mol. The summed E-state index contributed by atoms with van der Waals surface area (Å²) in [7, 11) is 0. The summed E-state index contributed by atoms with van der Waals surface area (Å²) >= 11 is 1.76. The summed E-state index contributed by atoms with van der Waals surface area (Å²) in [6.45, 7) is 1.48. The van der Waals surface area contributed by atoms with Crippen molar-refractivity contribution in [2.75, 3.05) is 22.9 Å². The molecule has 2 aliphatic rings. The summed E-state index contributed by atoms with van der Waals surface area (Å²) in [5.41, 5.74) is 4.97. The Morgan fingerprint density at radius 1 is 0.909 bits per heavy atom. The SMILES string of the molecule is O=C1CCCN1c1cc(SCc2ccccc2)cc2c1N(C(=O)OCc1ccccc1)CC2. The minimum absolute atomic E-state index is 0.118. The van der Waals surface area contributed by atoms with E-state index in [4.69, 9.17) is 4.74 Å². The van der Waals surface area contributed by atoms with E-state index in [2.05, 4.69) is 24.3 Å². The molecule has 6 heteroatoms. The average Bonchev–Trinajstić information content (AvgIpc) is 3.48.